The topological polar surface area (TPSA) is 243 Å². The number of carboxylic acids is 1. The Labute approximate surface area is 216 Å². The molecule has 10 N–H and O–H groups in total. The summed E-state index contributed by atoms with van der Waals surface area (Å²) in [5.74, 6) is -5.42. The molecule has 37 heavy (non-hydrogen) atoms. The van der Waals surface area contributed by atoms with Gasteiger partial charge in [0.25, 0.3) is 0 Å². The standard InChI is InChI=1S/C23H42N6O8/c1-6-12(4)18(25)22(35)29-16(10-30)21(34)27-14(7-8-17(24)31)19(32)28-15(9-11(2)3)20(33)26-13(5)23(36)37/h11-16,18,30H,6-10,25H2,1-5H3,(H2,24,31)(H,26,33)(H,27,34)(H,28,32)(H,29,35)(H,36,37)/t12-,13-,14-,15-,16-,18-/m0/s1. The summed E-state index contributed by atoms with van der Waals surface area (Å²) in [5.41, 5.74) is 11.0. The van der Waals surface area contributed by atoms with Crippen molar-refractivity contribution in [3.8, 4) is 0 Å². The van der Waals surface area contributed by atoms with Gasteiger partial charge in [-0.05, 0) is 31.6 Å². The number of nitrogens with two attached hydrogens (primary N) is 2. The van der Waals surface area contributed by atoms with Crippen LogP contribution in [0.1, 0.15) is 60.3 Å². The van der Waals surface area contributed by atoms with Gasteiger partial charge in [-0.1, -0.05) is 34.1 Å². The number of amides is 5. The number of carboxylic acid groups (broad SMARTS) is 1. The van der Waals surface area contributed by atoms with Crippen LogP contribution in [-0.2, 0) is 28.8 Å². The van der Waals surface area contributed by atoms with Crippen LogP contribution < -0.4 is 32.7 Å². The van der Waals surface area contributed by atoms with Crippen molar-refractivity contribution in [2.45, 2.75) is 90.5 Å². The summed E-state index contributed by atoms with van der Waals surface area (Å²) in [6, 6.07) is -6.06. The molecule has 0 aromatic heterocycles. The van der Waals surface area contributed by atoms with Gasteiger partial charge in [0.15, 0.2) is 0 Å². The molecule has 5 amide bonds. The van der Waals surface area contributed by atoms with Crippen molar-refractivity contribution in [3.63, 3.8) is 0 Å². The van der Waals surface area contributed by atoms with Crippen LogP contribution in [0.5, 0.6) is 0 Å². The number of carbonyl (C=O) groups is 6. The second kappa shape index (κ2) is 16.5. The molecule has 0 saturated carbocycles. The number of primary amides is 1. The molecule has 0 spiro atoms. The molecular weight excluding hydrogens is 488 g/mol. The van der Waals surface area contributed by atoms with Gasteiger partial charge in [0.2, 0.25) is 29.5 Å². The van der Waals surface area contributed by atoms with Gasteiger partial charge < -0.3 is 42.9 Å². The third-order valence-corrected chi connectivity index (χ3v) is 5.76. The van der Waals surface area contributed by atoms with Gasteiger partial charge in [-0.3, -0.25) is 28.8 Å². The Morgan fingerprint density at radius 3 is 1.73 bits per heavy atom. The Bertz CT molecular complexity index is 821. The summed E-state index contributed by atoms with van der Waals surface area (Å²) in [6.45, 7) is 7.64. The van der Waals surface area contributed by atoms with Crippen LogP contribution in [0.3, 0.4) is 0 Å². The minimum atomic E-state index is -1.43. The number of aliphatic carboxylic acids is 1. The molecule has 0 saturated heterocycles. The summed E-state index contributed by atoms with van der Waals surface area (Å²) >= 11 is 0. The fourth-order valence-electron chi connectivity index (χ4n) is 3.15. The van der Waals surface area contributed by atoms with Gasteiger partial charge in [-0.2, -0.15) is 0 Å². The molecule has 0 unspecified atom stereocenters. The number of aliphatic hydroxyl groups excluding tert-OH is 1. The molecule has 0 aliphatic carbocycles. The van der Waals surface area contributed by atoms with Crippen LogP contribution in [0.25, 0.3) is 0 Å². The molecule has 6 atom stereocenters. The van der Waals surface area contributed by atoms with Crippen molar-refractivity contribution in [2.75, 3.05) is 6.61 Å². The maximum Gasteiger partial charge on any atom is 0.325 e. The van der Waals surface area contributed by atoms with E-state index in [9.17, 15) is 33.9 Å². The van der Waals surface area contributed by atoms with E-state index in [1.807, 2.05) is 6.92 Å². The Morgan fingerprint density at radius 1 is 0.784 bits per heavy atom. The number of nitrogens with one attached hydrogen (secondary N) is 4. The molecule has 0 heterocycles. The molecule has 14 heteroatoms. The Kier molecular flexibility index (Phi) is 15.0. The Hall–Kier alpha value is -3.26. The second-order valence-corrected chi connectivity index (χ2v) is 9.48. The number of hydrogen-bond donors (Lipinski definition) is 8. The van der Waals surface area contributed by atoms with Crippen LogP contribution in [0.4, 0.5) is 0 Å². The van der Waals surface area contributed by atoms with E-state index in [4.69, 9.17) is 16.6 Å². The zero-order chi connectivity index (χ0) is 28.9. The Morgan fingerprint density at radius 2 is 1.27 bits per heavy atom. The van der Waals surface area contributed by atoms with E-state index in [0.29, 0.717) is 6.42 Å². The lowest BCUT2D eigenvalue weighted by Crippen LogP contribution is -2.59. The highest BCUT2D eigenvalue weighted by Gasteiger charge is 2.32. The molecule has 0 aliphatic heterocycles. The average molecular weight is 531 g/mol. The normalized spacial score (nSPS) is 15.9. The molecule has 0 fully saturated rings. The van der Waals surface area contributed by atoms with Crippen LogP contribution in [0.2, 0.25) is 0 Å². The minimum absolute atomic E-state index is 0.0708. The summed E-state index contributed by atoms with van der Waals surface area (Å²) in [4.78, 5) is 73.2. The molecule has 0 aromatic rings. The first kappa shape index (κ1) is 33.7. The highest BCUT2D eigenvalue weighted by Crippen LogP contribution is 2.08. The van der Waals surface area contributed by atoms with Crippen LogP contribution in [0, 0.1) is 11.8 Å². The largest absolute Gasteiger partial charge is 0.480 e. The van der Waals surface area contributed by atoms with Crippen molar-refractivity contribution in [1.82, 2.24) is 21.3 Å². The summed E-state index contributed by atoms with van der Waals surface area (Å²) in [7, 11) is 0. The van der Waals surface area contributed by atoms with E-state index in [0.717, 1.165) is 0 Å². The van der Waals surface area contributed by atoms with Crippen LogP contribution in [-0.4, -0.2) is 82.5 Å². The van der Waals surface area contributed by atoms with Gasteiger partial charge in [0, 0.05) is 6.42 Å². The zero-order valence-electron chi connectivity index (χ0n) is 22.1. The first-order valence-corrected chi connectivity index (χ1v) is 12.2. The van der Waals surface area contributed by atoms with Crippen molar-refractivity contribution < 1.29 is 39.0 Å². The number of carbonyl (C=O) groups excluding carboxylic acids is 5. The minimum Gasteiger partial charge on any atom is -0.480 e. The van der Waals surface area contributed by atoms with Crippen molar-refractivity contribution in [3.05, 3.63) is 0 Å². The predicted molar refractivity (Wildman–Crippen MR) is 133 cm³/mol. The molecule has 212 valence electrons. The van der Waals surface area contributed by atoms with Crippen LogP contribution in [0.15, 0.2) is 0 Å². The molecule has 0 rings (SSSR count). The predicted octanol–water partition coefficient (Wildman–Crippen LogP) is -2.29. The quantitative estimate of drug-likeness (QED) is 0.101. The van der Waals surface area contributed by atoms with E-state index in [1.165, 1.54) is 6.92 Å². The van der Waals surface area contributed by atoms with Crippen molar-refractivity contribution >= 4 is 35.5 Å². The summed E-state index contributed by atoms with van der Waals surface area (Å²) in [5, 5.41) is 28.2. The average Bonchev–Trinajstić information content (AvgIpc) is 2.82. The number of aliphatic hydroxyl groups is 1. The van der Waals surface area contributed by atoms with E-state index in [-0.39, 0.29) is 31.1 Å². The SMILES string of the molecule is CC[C@H](C)[C@H](N)C(=O)N[C@@H](CO)C(=O)N[C@@H](CCC(N)=O)C(=O)N[C@@H](CC(C)C)C(=O)N[C@@H](C)C(=O)O. The van der Waals surface area contributed by atoms with Crippen LogP contribution >= 0.6 is 0 Å². The molecule has 14 nitrogen and oxygen atoms in total. The second-order valence-electron chi connectivity index (χ2n) is 9.48. The number of hydrogen-bond acceptors (Lipinski definition) is 8. The fourth-order valence-corrected chi connectivity index (χ4v) is 3.15. The summed E-state index contributed by atoms with van der Waals surface area (Å²) in [6.07, 6.45) is 0.247. The smallest absolute Gasteiger partial charge is 0.325 e. The van der Waals surface area contributed by atoms with Crippen molar-refractivity contribution in [2.24, 2.45) is 23.3 Å². The third-order valence-electron chi connectivity index (χ3n) is 5.76. The van der Waals surface area contributed by atoms with Gasteiger partial charge >= 0.3 is 5.97 Å². The lowest BCUT2D eigenvalue weighted by molar-refractivity contribution is -0.142. The highest BCUT2D eigenvalue weighted by molar-refractivity contribution is 5.95. The number of rotatable bonds is 17. The van der Waals surface area contributed by atoms with Crippen molar-refractivity contribution in [1.29, 1.82) is 0 Å². The maximum atomic E-state index is 13.0. The molecule has 0 radical (unpaired) electrons. The summed E-state index contributed by atoms with van der Waals surface area (Å²) < 4.78 is 0. The lowest BCUT2D eigenvalue weighted by atomic mass is 9.99. The monoisotopic (exact) mass is 530 g/mol. The highest BCUT2D eigenvalue weighted by atomic mass is 16.4. The van der Waals surface area contributed by atoms with Gasteiger partial charge in [0.1, 0.15) is 24.2 Å². The molecule has 0 aliphatic rings. The van der Waals surface area contributed by atoms with E-state index >= 15 is 0 Å². The third kappa shape index (κ3) is 12.5. The lowest BCUT2D eigenvalue weighted by Gasteiger charge is -2.26. The molecular formula is C23H42N6O8. The fraction of sp³-hybridized carbons (Fsp3) is 0.739. The first-order chi connectivity index (χ1) is 17.1. The molecule has 0 aromatic carbocycles. The first-order valence-electron chi connectivity index (χ1n) is 12.2. The maximum absolute atomic E-state index is 13.0. The van der Waals surface area contributed by atoms with Gasteiger partial charge in [-0.25, -0.2) is 0 Å². The zero-order valence-corrected chi connectivity index (χ0v) is 22.1. The van der Waals surface area contributed by atoms with E-state index in [2.05, 4.69) is 21.3 Å². The van der Waals surface area contributed by atoms with Gasteiger partial charge in [-0.15, -0.1) is 0 Å². The molecule has 0 bridgehead atoms. The Balaban J connectivity index is 5.64. The van der Waals surface area contributed by atoms with Gasteiger partial charge in [0.05, 0.1) is 12.6 Å². The van der Waals surface area contributed by atoms with E-state index in [1.54, 1.807) is 20.8 Å². The van der Waals surface area contributed by atoms with E-state index < -0.39 is 72.3 Å².